The molecule has 0 radical (unpaired) electrons. The number of hydrogen-bond acceptors (Lipinski definition) is 5. The molecule has 32 heavy (non-hydrogen) atoms. The maximum Gasteiger partial charge on any atom is 0.294 e. The first-order valence-electron chi connectivity index (χ1n) is 9.99. The fourth-order valence-electron chi connectivity index (χ4n) is 3.91. The zero-order valence-corrected chi connectivity index (χ0v) is 17.6. The van der Waals surface area contributed by atoms with Gasteiger partial charge in [-0.05, 0) is 31.4 Å². The summed E-state index contributed by atoms with van der Waals surface area (Å²) in [5.41, 5.74) is -0.801. The molecular formula is C21H20ClF2N3O5. The topological polar surface area (TPSA) is 110 Å². The molecule has 1 aliphatic heterocycles. The van der Waals surface area contributed by atoms with Crippen molar-refractivity contribution in [1.82, 2.24) is 9.88 Å². The fourth-order valence-corrected chi connectivity index (χ4v) is 4.29. The van der Waals surface area contributed by atoms with Crippen LogP contribution in [0.3, 0.4) is 0 Å². The summed E-state index contributed by atoms with van der Waals surface area (Å²) in [6.45, 7) is 0.106. The highest BCUT2D eigenvalue weighted by molar-refractivity contribution is 6.48. The Kier molecular flexibility index (Phi) is 6.02. The van der Waals surface area contributed by atoms with Crippen LogP contribution in [0, 0.1) is 11.6 Å². The third kappa shape index (κ3) is 3.89. The number of aliphatic hydroxyl groups is 1. The number of hydrogen-bond donors (Lipinski definition) is 3. The van der Waals surface area contributed by atoms with Gasteiger partial charge in [0.1, 0.15) is 5.69 Å². The number of nitrogens with zero attached hydrogens (tertiary/aromatic N) is 1. The van der Waals surface area contributed by atoms with Crippen LogP contribution in [-0.4, -0.2) is 46.0 Å². The number of Topliss-reactive ketones (excluding diaryl/α,β-unsaturated/α-hetero) is 1. The van der Waals surface area contributed by atoms with Crippen molar-refractivity contribution >= 4 is 34.9 Å². The Morgan fingerprint density at radius 2 is 1.97 bits per heavy atom. The van der Waals surface area contributed by atoms with E-state index in [-0.39, 0.29) is 54.0 Å². The number of benzene rings is 1. The predicted molar refractivity (Wildman–Crippen MR) is 110 cm³/mol. The zero-order chi connectivity index (χ0) is 23.0. The summed E-state index contributed by atoms with van der Waals surface area (Å²) in [6, 6.07) is 2.85. The van der Waals surface area contributed by atoms with E-state index in [0.717, 1.165) is 18.6 Å². The average Bonchev–Trinajstić information content (AvgIpc) is 3.04. The molecule has 2 amide bonds. The van der Waals surface area contributed by atoms with Crippen LogP contribution in [0.15, 0.2) is 18.2 Å². The van der Waals surface area contributed by atoms with Crippen LogP contribution >= 0.6 is 11.6 Å². The van der Waals surface area contributed by atoms with Crippen LogP contribution < -0.4 is 10.6 Å². The average molecular weight is 468 g/mol. The molecule has 2 aromatic rings. The minimum atomic E-state index is -1.14. The predicted octanol–water partition coefficient (Wildman–Crippen LogP) is 2.42. The van der Waals surface area contributed by atoms with Crippen molar-refractivity contribution in [3.8, 4) is 0 Å². The lowest BCUT2D eigenvalue weighted by atomic mass is 9.77. The maximum atomic E-state index is 13.5. The van der Waals surface area contributed by atoms with Crippen LogP contribution in [0.2, 0.25) is 5.02 Å². The number of carbonyl (C=O) groups is 3. The van der Waals surface area contributed by atoms with Crippen LogP contribution in [0.5, 0.6) is 0 Å². The second-order valence-electron chi connectivity index (χ2n) is 7.85. The highest BCUT2D eigenvalue weighted by Crippen LogP contribution is 2.34. The van der Waals surface area contributed by atoms with Crippen molar-refractivity contribution in [3.05, 3.63) is 51.8 Å². The molecule has 0 spiro atoms. The van der Waals surface area contributed by atoms with Gasteiger partial charge in [-0.1, -0.05) is 11.6 Å². The second kappa shape index (κ2) is 8.61. The van der Waals surface area contributed by atoms with Gasteiger partial charge in [0.2, 0.25) is 0 Å². The van der Waals surface area contributed by atoms with Crippen LogP contribution in [0.4, 0.5) is 14.5 Å². The molecule has 2 heterocycles. The summed E-state index contributed by atoms with van der Waals surface area (Å²) in [4.78, 5) is 38.5. The van der Waals surface area contributed by atoms with E-state index in [1.807, 2.05) is 0 Å². The summed E-state index contributed by atoms with van der Waals surface area (Å²) >= 11 is 6.41. The number of aliphatic hydroxyl groups excluding tert-OH is 1. The Bertz CT molecular complexity index is 1110. The summed E-state index contributed by atoms with van der Waals surface area (Å²) in [5, 5.41) is 14.3. The number of ketones is 1. The minimum absolute atomic E-state index is 0.0119. The van der Waals surface area contributed by atoms with Crippen LogP contribution in [-0.2, 0) is 22.7 Å². The lowest BCUT2D eigenvalue weighted by Gasteiger charge is -2.40. The van der Waals surface area contributed by atoms with Gasteiger partial charge in [-0.25, -0.2) is 8.78 Å². The van der Waals surface area contributed by atoms with E-state index in [1.165, 1.54) is 10.6 Å². The molecule has 1 aliphatic carbocycles. The lowest BCUT2D eigenvalue weighted by molar-refractivity contribution is -0.120. The molecule has 0 unspecified atom stereocenters. The molecule has 2 aliphatic rings. The van der Waals surface area contributed by atoms with Gasteiger partial charge in [0.15, 0.2) is 11.6 Å². The Morgan fingerprint density at radius 1 is 1.22 bits per heavy atom. The van der Waals surface area contributed by atoms with Crippen molar-refractivity contribution in [2.75, 3.05) is 18.5 Å². The lowest BCUT2D eigenvalue weighted by Crippen LogP contribution is -2.57. The van der Waals surface area contributed by atoms with E-state index in [2.05, 4.69) is 10.6 Å². The van der Waals surface area contributed by atoms with Gasteiger partial charge in [-0.2, -0.15) is 0 Å². The molecule has 170 valence electrons. The van der Waals surface area contributed by atoms with E-state index < -0.39 is 34.8 Å². The molecule has 4 rings (SSSR count). The van der Waals surface area contributed by atoms with Gasteiger partial charge in [0, 0.05) is 18.3 Å². The molecule has 0 bridgehead atoms. The molecule has 0 atom stereocenters. The molecule has 1 aromatic heterocycles. The molecule has 0 saturated heterocycles. The fraction of sp³-hybridized carbons (Fsp3) is 0.381. The van der Waals surface area contributed by atoms with E-state index in [0.29, 0.717) is 12.8 Å². The molecule has 1 aromatic carbocycles. The number of fused-ring (bicyclic) bond motifs is 1. The number of anilines is 1. The van der Waals surface area contributed by atoms with Crippen LogP contribution in [0.1, 0.15) is 45.8 Å². The third-order valence-corrected chi connectivity index (χ3v) is 6.20. The SMILES string of the molecule is O=C(NC1(CO)CCC1)C(=O)c1c(Cl)c(C(=O)Nc2ccc(F)c(F)c2)c2n1CCOC2. The first-order valence-corrected chi connectivity index (χ1v) is 10.4. The Hall–Kier alpha value is -2.82. The van der Waals surface area contributed by atoms with E-state index in [4.69, 9.17) is 16.3 Å². The second-order valence-corrected chi connectivity index (χ2v) is 8.22. The number of nitrogens with one attached hydrogen (secondary N) is 2. The van der Waals surface area contributed by atoms with Crippen molar-refractivity contribution in [3.63, 3.8) is 0 Å². The van der Waals surface area contributed by atoms with Crippen LogP contribution in [0.25, 0.3) is 0 Å². The van der Waals surface area contributed by atoms with Crippen molar-refractivity contribution in [2.24, 2.45) is 0 Å². The largest absolute Gasteiger partial charge is 0.394 e. The first kappa shape index (κ1) is 22.4. The first-order chi connectivity index (χ1) is 15.3. The number of ether oxygens (including phenoxy) is 1. The number of aromatic nitrogens is 1. The monoisotopic (exact) mass is 467 g/mol. The van der Waals surface area contributed by atoms with Crippen molar-refractivity contribution < 1.29 is 33.0 Å². The highest BCUT2D eigenvalue weighted by atomic mass is 35.5. The number of rotatable bonds is 6. The van der Waals surface area contributed by atoms with E-state index in [1.54, 1.807) is 0 Å². The Balaban J connectivity index is 1.66. The van der Waals surface area contributed by atoms with Gasteiger partial charge >= 0.3 is 0 Å². The molecule has 1 saturated carbocycles. The van der Waals surface area contributed by atoms with Gasteiger partial charge in [0.05, 0.1) is 41.6 Å². The molecule has 8 nitrogen and oxygen atoms in total. The third-order valence-electron chi connectivity index (χ3n) is 5.83. The molecule has 11 heteroatoms. The van der Waals surface area contributed by atoms with Gasteiger partial charge < -0.3 is 25.0 Å². The number of halogens is 3. The smallest absolute Gasteiger partial charge is 0.294 e. The Morgan fingerprint density at radius 3 is 2.59 bits per heavy atom. The standard InChI is InChI=1S/C21H20ClF2N3O5/c22-16-15(19(30)25-11-2-3-12(23)13(24)8-11)14-9-32-7-6-27(14)17(16)18(29)20(31)26-21(10-28)4-1-5-21/h2-3,8,28H,1,4-7,9-10H2,(H,25,30)(H,26,31). The van der Waals surface area contributed by atoms with Gasteiger partial charge in [-0.15, -0.1) is 0 Å². The summed E-state index contributed by atoms with van der Waals surface area (Å²) in [6.07, 6.45) is 1.93. The molecular weight excluding hydrogens is 448 g/mol. The Labute approximate surface area is 186 Å². The van der Waals surface area contributed by atoms with Crippen molar-refractivity contribution in [1.29, 1.82) is 0 Å². The molecule has 3 N–H and O–H groups in total. The molecule has 1 fully saturated rings. The quantitative estimate of drug-likeness (QED) is 0.446. The highest BCUT2D eigenvalue weighted by Gasteiger charge is 2.41. The summed E-state index contributed by atoms with van der Waals surface area (Å²) in [7, 11) is 0. The maximum absolute atomic E-state index is 13.5. The van der Waals surface area contributed by atoms with E-state index in [9.17, 15) is 28.3 Å². The van der Waals surface area contributed by atoms with Gasteiger partial charge in [0.25, 0.3) is 17.6 Å². The number of carbonyl (C=O) groups excluding carboxylic acids is 3. The normalized spacial score (nSPS) is 16.6. The summed E-state index contributed by atoms with van der Waals surface area (Å²) in [5.74, 6) is -4.84. The van der Waals surface area contributed by atoms with Gasteiger partial charge in [-0.3, -0.25) is 14.4 Å². The minimum Gasteiger partial charge on any atom is -0.394 e. The van der Waals surface area contributed by atoms with E-state index >= 15 is 0 Å². The zero-order valence-electron chi connectivity index (χ0n) is 16.8. The summed E-state index contributed by atoms with van der Waals surface area (Å²) < 4.78 is 33.5. The van der Waals surface area contributed by atoms with Crippen molar-refractivity contribution in [2.45, 2.75) is 38.0 Å². The number of amides is 2.